The second-order valence-electron chi connectivity index (χ2n) is 12.4. The lowest BCUT2D eigenvalue weighted by Crippen LogP contribution is -2.65. The van der Waals surface area contributed by atoms with E-state index in [1.54, 1.807) is 0 Å². The summed E-state index contributed by atoms with van der Waals surface area (Å²) in [7, 11) is 1.47. The number of carbonyl (C=O) groups excluding carboxylic acids is 2. The first-order valence-electron chi connectivity index (χ1n) is 13.3. The van der Waals surface area contributed by atoms with Crippen LogP contribution < -0.4 is 11.5 Å². The van der Waals surface area contributed by atoms with E-state index in [-0.39, 0.29) is 41.0 Å². The van der Waals surface area contributed by atoms with Crippen LogP contribution in [-0.4, -0.2) is 37.2 Å². The molecule has 11 atom stereocenters. The number of ether oxygens (including phenoxy) is 2. The van der Waals surface area contributed by atoms with Crippen LogP contribution >= 0.6 is 0 Å². The van der Waals surface area contributed by atoms with Crippen LogP contribution in [0.4, 0.5) is 0 Å². The minimum Gasteiger partial charge on any atom is -0.469 e. The van der Waals surface area contributed by atoms with Gasteiger partial charge in [-0.3, -0.25) is 9.59 Å². The Morgan fingerprint density at radius 1 is 1.06 bits per heavy atom. The zero-order valence-corrected chi connectivity index (χ0v) is 21.3. The molecule has 33 heavy (non-hydrogen) atoms. The standard InChI is InChI=1S/C27H46N2O4/c1-15(6-9-24(31)32-5)19-7-8-20-25-21(14-23(29)27(19,20)4)26(3)11-10-18(33-16(2)30)12-17(26)13-22(25)28/h15,17-23,25H,6-14,28-29H2,1-5H3/t15-,17+,18-,19?,20+,21?,22+,23?,25-,26?,27?/m1/s1. The molecule has 4 saturated carbocycles. The maximum atomic E-state index is 11.7. The van der Waals surface area contributed by atoms with E-state index in [9.17, 15) is 9.59 Å². The van der Waals surface area contributed by atoms with Crippen LogP contribution in [0.1, 0.15) is 85.5 Å². The number of esters is 2. The molecule has 6 nitrogen and oxygen atoms in total. The van der Waals surface area contributed by atoms with Crippen molar-refractivity contribution >= 4 is 11.9 Å². The van der Waals surface area contributed by atoms with Crippen molar-refractivity contribution < 1.29 is 19.1 Å². The molecule has 4 rings (SSSR count). The third-order valence-electron chi connectivity index (χ3n) is 11.1. The number of rotatable bonds is 5. The fourth-order valence-corrected chi connectivity index (χ4v) is 9.29. The number of hydrogen-bond acceptors (Lipinski definition) is 6. The Labute approximate surface area is 199 Å². The summed E-state index contributed by atoms with van der Waals surface area (Å²) in [5.74, 6) is 2.79. The molecule has 0 amide bonds. The predicted octanol–water partition coefficient (Wildman–Crippen LogP) is 4.04. The molecule has 0 aromatic heterocycles. The molecule has 0 aliphatic heterocycles. The van der Waals surface area contributed by atoms with Crippen molar-refractivity contribution in [1.29, 1.82) is 0 Å². The highest BCUT2D eigenvalue weighted by Crippen LogP contribution is 2.67. The number of carbonyl (C=O) groups is 2. The maximum Gasteiger partial charge on any atom is 0.305 e. The lowest BCUT2D eigenvalue weighted by atomic mass is 9.42. The molecule has 0 bridgehead atoms. The zero-order chi connectivity index (χ0) is 24.1. The van der Waals surface area contributed by atoms with Gasteiger partial charge in [0.05, 0.1) is 7.11 Å². The highest BCUT2D eigenvalue weighted by atomic mass is 16.5. The molecule has 0 spiro atoms. The smallest absolute Gasteiger partial charge is 0.305 e. The molecular weight excluding hydrogens is 416 g/mol. The minimum atomic E-state index is -0.171. The molecule has 0 saturated heterocycles. The van der Waals surface area contributed by atoms with Gasteiger partial charge in [-0.2, -0.15) is 0 Å². The molecule has 188 valence electrons. The fraction of sp³-hybridized carbons (Fsp3) is 0.926. The van der Waals surface area contributed by atoms with Gasteiger partial charge < -0.3 is 20.9 Å². The van der Waals surface area contributed by atoms with Gasteiger partial charge in [0.2, 0.25) is 0 Å². The lowest BCUT2D eigenvalue weighted by molar-refractivity contribution is -0.164. The van der Waals surface area contributed by atoms with Gasteiger partial charge in [-0.15, -0.1) is 0 Å². The van der Waals surface area contributed by atoms with E-state index in [1.807, 2.05) is 0 Å². The predicted molar refractivity (Wildman–Crippen MR) is 128 cm³/mol. The van der Waals surface area contributed by atoms with Gasteiger partial charge >= 0.3 is 11.9 Å². The minimum absolute atomic E-state index is 0.0402. The van der Waals surface area contributed by atoms with Crippen LogP contribution in [0.25, 0.3) is 0 Å². The van der Waals surface area contributed by atoms with Crippen LogP contribution in [0.5, 0.6) is 0 Å². The summed E-state index contributed by atoms with van der Waals surface area (Å²) in [5, 5.41) is 0. The summed E-state index contributed by atoms with van der Waals surface area (Å²) in [6.45, 7) is 8.73. The van der Waals surface area contributed by atoms with E-state index >= 15 is 0 Å². The Morgan fingerprint density at radius 3 is 2.45 bits per heavy atom. The van der Waals surface area contributed by atoms with Crippen molar-refractivity contribution in [2.45, 2.75) is 104 Å². The lowest BCUT2D eigenvalue weighted by Gasteiger charge is -2.64. The van der Waals surface area contributed by atoms with Crippen LogP contribution in [0.15, 0.2) is 0 Å². The van der Waals surface area contributed by atoms with E-state index in [0.717, 1.165) is 38.5 Å². The summed E-state index contributed by atoms with van der Waals surface area (Å²) in [6, 6.07) is 0.343. The monoisotopic (exact) mass is 462 g/mol. The number of methoxy groups -OCH3 is 1. The zero-order valence-electron chi connectivity index (χ0n) is 21.3. The van der Waals surface area contributed by atoms with Crippen molar-refractivity contribution in [2.24, 2.45) is 57.8 Å². The van der Waals surface area contributed by atoms with Gasteiger partial charge in [0.1, 0.15) is 6.10 Å². The first-order chi connectivity index (χ1) is 15.5. The molecule has 0 aromatic carbocycles. The Bertz CT molecular complexity index is 758. The summed E-state index contributed by atoms with van der Waals surface area (Å²) in [6.07, 6.45) is 8.83. The van der Waals surface area contributed by atoms with Crippen LogP contribution in [-0.2, 0) is 19.1 Å². The van der Waals surface area contributed by atoms with Gasteiger partial charge in [-0.1, -0.05) is 20.8 Å². The fourth-order valence-electron chi connectivity index (χ4n) is 9.29. The van der Waals surface area contributed by atoms with Gasteiger partial charge in [0.15, 0.2) is 0 Å². The molecule has 4 N–H and O–H groups in total. The van der Waals surface area contributed by atoms with Crippen LogP contribution in [0.2, 0.25) is 0 Å². The van der Waals surface area contributed by atoms with Crippen LogP contribution in [0, 0.1) is 46.3 Å². The van der Waals surface area contributed by atoms with E-state index < -0.39 is 0 Å². The average molecular weight is 463 g/mol. The topological polar surface area (TPSA) is 105 Å². The third-order valence-corrected chi connectivity index (χ3v) is 11.1. The normalized spacial score (nSPS) is 47.6. The number of hydrogen-bond donors (Lipinski definition) is 2. The largest absolute Gasteiger partial charge is 0.469 e. The van der Waals surface area contributed by atoms with Gasteiger partial charge in [-0.25, -0.2) is 0 Å². The molecule has 0 heterocycles. The molecular formula is C27H46N2O4. The molecule has 6 heteroatoms. The Balaban J connectivity index is 1.54. The first kappa shape index (κ1) is 25.0. The molecule has 4 aliphatic carbocycles. The quantitative estimate of drug-likeness (QED) is 0.598. The second kappa shape index (κ2) is 9.14. The molecule has 5 unspecified atom stereocenters. The Morgan fingerprint density at radius 2 is 1.79 bits per heavy atom. The summed E-state index contributed by atoms with van der Waals surface area (Å²) in [4.78, 5) is 23.3. The van der Waals surface area contributed by atoms with Gasteiger partial charge in [-0.05, 0) is 97.7 Å². The van der Waals surface area contributed by atoms with Crippen molar-refractivity contribution in [2.75, 3.05) is 7.11 Å². The van der Waals surface area contributed by atoms with E-state index in [0.29, 0.717) is 41.9 Å². The molecule has 4 aliphatic rings. The molecule has 0 radical (unpaired) electrons. The second-order valence-corrected chi connectivity index (χ2v) is 12.4. The van der Waals surface area contributed by atoms with Gasteiger partial charge in [0, 0.05) is 25.4 Å². The highest BCUT2D eigenvalue weighted by molar-refractivity contribution is 5.69. The van der Waals surface area contributed by atoms with Crippen molar-refractivity contribution in [3.63, 3.8) is 0 Å². The summed E-state index contributed by atoms with van der Waals surface area (Å²) < 4.78 is 10.5. The van der Waals surface area contributed by atoms with Crippen LogP contribution in [0.3, 0.4) is 0 Å². The van der Waals surface area contributed by atoms with Crippen molar-refractivity contribution in [3.8, 4) is 0 Å². The highest BCUT2D eigenvalue weighted by Gasteiger charge is 2.65. The Kier molecular flexibility index (Phi) is 6.92. The van der Waals surface area contributed by atoms with Gasteiger partial charge in [0.25, 0.3) is 0 Å². The number of nitrogens with two attached hydrogens (primary N) is 2. The van der Waals surface area contributed by atoms with Crippen molar-refractivity contribution in [3.05, 3.63) is 0 Å². The average Bonchev–Trinajstić information content (AvgIpc) is 3.11. The van der Waals surface area contributed by atoms with E-state index in [2.05, 4.69) is 20.8 Å². The Hall–Kier alpha value is -1.14. The van der Waals surface area contributed by atoms with E-state index in [4.69, 9.17) is 20.9 Å². The molecule has 4 fully saturated rings. The summed E-state index contributed by atoms with van der Waals surface area (Å²) >= 11 is 0. The SMILES string of the molecule is COC(=O)CC[C@@H](C)C1CC[C@H]2[C@@H]3C(CC(N)C12C)C1(C)CC[C@@H](OC(C)=O)C[C@H]1C[C@@H]3N. The third kappa shape index (κ3) is 4.13. The number of fused-ring (bicyclic) bond motifs is 5. The maximum absolute atomic E-state index is 11.7. The first-order valence-corrected chi connectivity index (χ1v) is 13.3. The molecule has 0 aromatic rings. The van der Waals surface area contributed by atoms with E-state index in [1.165, 1.54) is 26.9 Å². The summed E-state index contributed by atoms with van der Waals surface area (Å²) in [5.41, 5.74) is 14.4. The van der Waals surface area contributed by atoms with Crippen molar-refractivity contribution in [1.82, 2.24) is 0 Å².